The third-order valence-electron chi connectivity index (χ3n) is 4.76. The second-order valence-electron chi connectivity index (χ2n) is 6.11. The van der Waals surface area contributed by atoms with Crippen molar-refractivity contribution in [2.24, 2.45) is 5.92 Å². The van der Waals surface area contributed by atoms with Gasteiger partial charge < -0.3 is 10.1 Å². The van der Waals surface area contributed by atoms with Gasteiger partial charge in [-0.05, 0) is 38.2 Å². The molecule has 0 aromatic heterocycles. The second kappa shape index (κ2) is 7.68. The van der Waals surface area contributed by atoms with Crippen LogP contribution in [0.4, 0.5) is 0 Å². The second-order valence-corrected chi connectivity index (χ2v) is 6.11. The predicted octanol–water partition coefficient (Wildman–Crippen LogP) is 4.70. The van der Waals surface area contributed by atoms with Gasteiger partial charge in [0.15, 0.2) is 0 Å². The van der Waals surface area contributed by atoms with Crippen LogP contribution in [0.5, 0.6) is 5.75 Å². The summed E-state index contributed by atoms with van der Waals surface area (Å²) in [7, 11) is 1.75. The Bertz CT molecular complexity index is 404. The molecule has 1 aliphatic carbocycles. The van der Waals surface area contributed by atoms with Crippen LogP contribution < -0.4 is 10.1 Å². The van der Waals surface area contributed by atoms with E-state index in [1.165, 1.54) is 44.1 Å². The first-order valence-corrected chi connectivity index (χ1v) is 8.13. The lowest BCUT2D eigenvalue weighted by molar-refractivity contribution is 0.377. The molecule has 2 rings (SSSR count). The summed E-state index contributed by atoms with van der Waals surface area (Å²) in [5, 5.41) is 3.81. The molecular weight excluding hydrogens is 246 g/mol. The number of methoxy groups -OCH3 is 1. The normalized spacial score (nSPS) is 24.9. The van der Waals surface area contributed by atoms with Crippen LogP contribution in [0.3, 0.4) is 0 Å². The maximum absolute atomic E-state index is 5.47. The van der Waals surface area contributed by atoms with Gasteiger partial charge in [0, 0.05) is 17.6 Å². The number of ether oxygens (including phenoxy) is 1. The lowest BCUT2D eigenvalue weighted by Crippen LogP contribution is -2.31. The van der Waals surface area contributed by atoms with E-state index in [0.29, 0.717) is 12.1 Å². The third kappa shape index (κ3) is 3.99. The van der Waals surface area contributed by atoms with Crippen molar-refractivity contribution in [2.45, 2.75) is 64.5 Å². The zero-order valence-corrected chi connectivity index (χ0v) is 13.2. The highest BCUT2D eigenvalue weighted by Gasteiger charge is 2.20. The minimum absolute atomic E-state index is 0.356. The standard InChI is InChI=1S/C18H29NO/c1-4-15-8-7-9-16(13-12-15)19-14(2)17-10-5-6-11-18(17)20-3/h5-6,10-11,14-16,19H,4,7-9,12-13H2,1-3H3. The minimum Gasteiger partial charge on any atom is -0.496 e. The zero-order valence-electron chi connectivity index (χ0n) is 13.2. The van der Waals surface area contributed by atoms with E-state index >= 15 is 0 Å². The average molecular weight is 275 g/mol. The van der Waals surface area contributed by atoms with Crippen LogP contribution in [0.15, 0.2) is 24.3 Å². The zero-order chi connectivity index (χ0) is 14.4. The van der Waals surface area contributed by atoms with Gasteiger partial charge in [0.2, 0.25) is 0 Å². The average Bonchev–Trinajstić information content (AvgIpc) is 2.72. The molecule has 2 nitrogen and oxygen atoms in total. The molecule has 0 heterocycles. The molecule has 0 saturated heterocycles. The van der Waals surface area contributed by atoms with Crippen LogP contribution in [0.25, 0.3) is 0 Å². The van der Waals surface area contributed by atoms with Crippen molar-refractivity contribution in [2.75, 3.05) is 7.11 Å². The first-order chi connectivity index (χ1) is 9.74. The summed E-state index contributed by atoms with van der Waals surface area (Å²) < 4.78 is 5.47. The number of benzene rings is 1. The van der Waals surface area contributed by atoms with Gasteiger partial charge in [-0.3, -0.25) is 0 Å². The monoisotopic (exact) mass is 275 g/mol. The maximum Gasteiger partial charge on any atom is 0.123 e. The molecule has 0 radical (unpaired) electrons. The smallest absolute Gasteiger partial charge is 0.123 e. The van der Waals surface area contributed by atoms with E-state index in [1.807, 2.05) is 12.1 Å². The Kier molecular flexibility index (Phi) is 5.90. The van der Waals surface area contributed by atoms with E-state index in [-0.39, 0.29) is 0 Å². The number of hydrogen-bond donors (Lipinski definition) is 1. The molecule has 3 unspecified atom stereocenters. The Morgan fingerprint density at radius 1 is 1.20 bits per heavy atom. The molecule has 1 aromatic carbocycles. The first-order valence-electron chi connectivity index (χ1n) is 8.13. The number of para-hydroxylation sites is 1. The largest absolute Gasteiger partial charge is 0.496 e. The SMILES string of the molecule is CCC1CCCC(NC(C)c2ccccc2OC)CC1. The molecule has 0 amide bonds. The van der Waals surface area contributed by atoms with Crippen molar-refractivity contribution in [3.8, 4) is 5.75 Å². The van der Waals surface area contributed by atoms with E-state index in [0.717, 1.165) is 11.7 Å². The summed E-state index contributed by atoms with van der Waals surface area (Å²) in [5.74, 6) is 1.94. The summed E-state index contributed by atoms with van der Waals surface area (Å²) in [6, 6.07) is 9.36. The topological polar surface area (TPSA) is 21.3 Å². The quantitative estimate of drug-likeness (QED) is 0.786. The van der Waals surface area contributed by atoms with Crippen molar-refractivity contribution in [1.29, 1.82) is 0 Å². The predicted molar refractivity (Wildman–Crippen MR) is 85.2 cm³/mol. The van der Waals surface area contributed by atoms with Crippen LogP contribution in [-0.2, 0) is 0 Å². The van der Waals surface area contributed by atoms with Crippen LogP contribution >= 0.6 is 0 Å². The van der Waals surface area contributed by atoms with Crippen LogP contribution in [0.2, 0.25) is 0 Å². The lowest BCUT2D eigenvalue weighted by Gasteiger charge is -2.23. The summed E-state index contributed by atoms with van der Waals surface area (Å²) in [6.45, 7) is 4.58. The molecule has 2 heteroatoms. The number of rotatable bonds is 5. The molecule has 1 aromatic rings. The summed E-state index contributed by atoms with van der Waals surface area (Å²) in [6.07, 6.45) is 8.14. The molecule has 1 aliphatic rings. The van der Waals surface area contributed by atoms with Crippen molar-refractivity contribution in [3.63, 3.8) is 0 Å². The molecule has 0 bridgehead atoms. The molecule has 1 fully saturated rings. The van der Waals surface area contributed by atoms with E-state index in [9.17, 15) is 0 Å². The van der Waals surface area contributed by atoms with Gasteiger partial charge in [-0.25, -0.2) is 0 Å². The third-order valence-corrected chi connectivity index (χ3v) is 4.76. The Morgan fingerprint density at radius 3 is 2.75 bits per heavy atom. The first kappa shape index (κ1) is 15.4. The van der Waals surface area contributed by atoms with Crippen molar-refractivity contribution in [1.82, 2.24) is 5.32 Å². The Labute approximate surface area is 123 Å². The van der Waals surface area contributed by atoms with Gasteiger partial charge in [-0.1, -0.05) is 44.4 Å². The maximum atomic E-state index is 5.47. The summed E-state index contributed by atoms with van der Waals surface area (Å²) >= 11 is 0. The van der Waals surface area contributed by atoms with Crippen LogP contribution in [-0.4, -0.2) is 13.2 Å². The summed E-state index contributed by atoms with van der Waals surface area (Å²) in [4.78, 5) is 0. The fourth-order valence-corrected chi connectivity index (χ4v) is 3.42. The fourth-order valence-electron chi connectivity index (χ4n) is 3.42. The van der Waals surface area contributed by atoms with Gasteiger partial charge in [-0.15, -0.1) is 0 Å². The van der Waals surface area contributed by atoms with Crippen LogP contribution in [0.1, 0.15) is 64.0 Å². The highest BCUT2D eigenvalue weighted by Crippen LogP contribution is 2.29. The molecule has 0 spiro atoms. The Hall–Kier alpha value is -1.02. The van der Waals surface area contributed by atoms with Gasteiger partial charge in [-0.2, -0.15) is 0 Å². The van der Waals surface area contributed by atoms with Crippen molar-refractivity contribution >= 4 is 0 Å². The highest BCUT2D eigenvalue weighted by molar-refractivity contribution is 5.35. The van der Waals surface area contributed by atoms with Gasteiger partial charge in [0.1, 0.15) is 5.75 Å². The summed E-state index contributed by atoms with van der Waals surface area (Å²) in [5.41, 5.74) is 1.27. The molecular formula is C18H29NO. The molecule has 1 N–H and O–H groups in total. The minimum atomic E-state index is 0.356. The van der Waals surface area contributed by atoms with Gasteiger partial charge >= 0.3 is 0 Å². The van der Waals surface area contributed by atoms with E-state index < -0.39 is 0 Å². The Balaban J connectivity index is 1.95. The van der Waals surface area contributed by atoms with Gasteiger partial charge in [0.05, 0.1) is 7.11 Å². The van der Waals surface area contributed by atoms with E-state index in [4.69, 9.17) is 4.74 Å². The molecule has 112 valence electrons. The lowest BCUT2D eigenvalue weighted by atomic mass is 9.97. The number of hydrogen-bond acceptors (Lipinski definition) is 2. The van der Waals surface area contributed by atoms with Crippen molar-refractivity contribution in [3.05, 3.63) is 29.8 Å². The van der Waals surface area contributed by atoms with E-state index in [1.54, 1.807) is 7.11 Å². The molecule has 20 heavy (non-hydrogen) atoms. The molecule has 1 saturated carbocycles. The Morgan fingerprint density at radius 2 is 2.00 bits per heavy atom. The van der Waals surface area contributed by atoms with Gasteiger partial charge in [0.25, 0.3) is 0 Å². The van der Waals surface area contributed by atoms with E-state index in [2.05, 4.69) is 31.3 Å². The molecule has 3 atom stereocenters. The fraction of sp³-hybridized carbons (Fsp3) is 0.667. The van der Waals surface area contributed by atoms with Crippen molar-refractivity contribution < 1.29 is 4.74 Å². The highest BCUT2D eigenvalue weighted by atomic mass is 16.5. The number of nitrogens with one attached hydrogen (secondary N) is 1. The molecule has 0 aliphatic heterocycles. The van der Waals surface area contributed by atoms with Crippen LogP contribution in [0, 0.1) is 5.92 Å².